The number of hydrogen-bond acceptors (Lipinski definition) is 3. The number of nitrogens with one attached hydrogen (secondary N) is 1. The summed E-state index contributed by atoms with van der Waals surface area (Å²) in [4.78, 5) is 14.7. The third-order valence-corrected chi connectivity index (χ3v) is 3.26. The van der Waals surface area contributed by atoms with E-state index in [0.717, 1.165) is 18.5 Å². The average Bonchev–Trinajstić information content (AvgIpc) is 2.82. The summed E-state index contributed by atoms with van der Waals surface area (Å²) in [5.74, 6) is -0.515. The van der Waals surface area contributed by atoms with Crippen LogP contribution in [0.2, 0.25) is 0 Å². The highest BCUT2D eigenvalue weighted by molar-refractivity contribution is 5.79. The van der Waals surface area contributed by atoms with Gasteiger partial charge in [0, 0.05) is 0 Å². The van der Waals surface area contributed by atoms with Crippen molar-refractivity contribution in [1.82, 2.24) is 14.6 Å². The Kier molecular flexibility index (Phi) is 3.02. The van der Waals surface area contributed by atoms with Crippen LogP contribution in [0.1, 0.15) is 24.6 Å². The Morgan fingerprint density at radius 2 is 2.20 bits per heavy atom. The summed E-state index contributed by atoms with van der Waals surface area (Å²) >= 11 is 0. The van der Waals surface area contributed by atoms with Crippen molar-refractivity contribution in [3.05, 3.63) is 45.6 Å². The highest BCUT2D eigenvalue weighted by Crippen LogP contribution is 2.19. The van der Waals surface area contributed by atoms with Crippen molar-refractivity contribution in [2.24, 2.45) is 0 Å². The number of aryl methyl sites for hydroxylation is 1. The standard InChI is InChI=1S/C14H14FN3O2/c1-2-3-9-6-12-14(20)16-11-5-8(7-19)4-10(15)13(11)18(12)17-9/h4-6,19H,2-3,7H2,1H3,(H,16,20). The number of nitrogens with zero attached hydrogens (tertiary/aromatic N) is 2. The van der Waals surface area contributed by atoms with Gasteiger partial charge in [-0.1, -0.05) is 13.3 Å². The van der Waals surface area contributed by atoms with E-state index in [0.29, 0.717) is 16.6 Å². The number of rotatable bonds is 3. The third-order valence-electron chi connectivity index (χ3n) is 3.26. The number of H-pyrrole nitrogens is 1. The lowest BCUT2D eigenvalue weighted by Crippen LogP contribution is -2.11. The zero-order valence-electron chi connectivity index (χ0n) is 11.0. The highest BCUT2D eigenvalue weighted by Gasteiger charge is 2.13. The predicted molar refractivity (Wildman–Crippen MR) is 73.2 cm³/mol. The Morgan fingerprint density at radius 1 is 1.40 bits per heavy atom. The normalized spacial score (nSPS) is 11.6. The van der Waals surface area contributed by atoms with Crippen LogP contribution in [0.5, 0.6) is 0 Å². The molecule has 2 aromatic heterocycles. The second-order valence-corrected chi connectivity index (χ2v) is 4.77. The van der Waals surface area contributed by atoms with Crippen molar-refractivity contribution < 1.29 is 9.50 Å². The minimum Gasteiger partial charge on any atom is -0.392 e. The minimum absolute atomic E-state index is 0.221. The number of halogens is 1. The lowest BCUT2D eigenvalue weighted by atomic mass is 10.2. The molecule has 3 aromatic rings. The Balaban J connectivity index is 2.42. The van der Waals surface area contributed by atoms with Crippen LogP contribution >= 0.6 is 0 Å². The van der Waals surface area contributed by atoms with Crippen molar-refractivity contribution >= 4 is 16.6 Å². The number of fused-ring (bicyclic) bond motifs is 3. The molecule has 20 heavy (non-hydrogen) atoms. The number of aromatic nitrogens is 3. The smallest absolute Gasteiger partial charge is 0.274 e. The van der Waals surface area contributed by atoms with Crippen LogP contribution in [0.25, 0.3) is 16.6 Å². The van der Waals surface area contributed by atoms with Crippen LogP contribution < -0.4 is 5.56 Å². The van der Waals surface area contributed by atoms with Crippen LogP contribution in [-0.4, -0.2) is 19.7 Å². The van der Waals surface area contributed by atoms with E-state index in [-0.39, 0.29) is 17.7 Å². The van der Waals surface area contributed by atoms with Gasteiger partial charge in [0.15, 0.2) is 5.82 Å². The molecule has 104 valence electrons. The van der Waals surface area contributed by atoms with Crippen LogP contribution in [0.4, 0.5) is 4.39 Å². The first-order valence-corrected chi connectivity index (χ1v) is 6.48. The first-order valence-electron chi connectivity index (χ1n) is 6.48. The number of aliphatic hydroxyl groups is 1. The molecule has 3 rings (SSSR count). The van der Waals surface area contributed by atoms with E-state index >= 15 is 0 Å². The number of benzene rings is 1. The molecule has 6 heteroatoms. The molecule has 2 N–H and O–H groups in total. The molecule has 1 aromatic carbocycles. The largest absolute Gasteiger partial charge is 0.392 e. The Labute approximate surface area is 113 Å². The SMILES string of the molecule is CCCc1cc2c(=O)[nH]c3cc(CO)cc(F)c3n2n1. The summed E-state index contributed by atoms with van der Waals surface area (Å²) in [6.07, 6.45) is 1.63. The molecular weight excluding hydrogens is 261 g/mol. The van der Waals surface area contributed by atoms with Gasteiger partial charge in [-0.05, 0) is 30.2 Å². The Morgan fingerprint density at radius 3 is 2.90 bits per heavy atom. The molecule has 0 saturated heterocycles. The summed E-state index contributed by atoms with van der Waals surface area (Å²) < 4.78 is 15.5. The molecule has 0 aliphatic rings. The molecule has 0 aliphatic heterocycles. The van der Waals surface area contributed by atoms with Gasteiger partial charge in [0.05, 0.1) is 17.8 Å². The zero-order valence-corrected chi connectivity index (χ0v) is 11.0. The van der Waals surface area contributed by atoms with Gasteiger partial charge in [0.2, 0.25) is 0 Å². The molecular formula is C14H14FN3O2. The lowest BCUT2D eigenvalue weighted by molar-refractivity contribution is 0.281. The van der Waals surface area contributed by atoms with Crippen molar-refractivity contribution in [1.29, 1.82) is 0 Å². The maximum absolute atomic E-state index is 14.2. The average molecular weight is 275 g/mol. The van der Waals surface area contributed by atoms with Gasteiger partial charge in [0.1, 0.15) is 11.0 Å². The maximum Gasteiger partial charge on any atom is 0.274 e. The Bertz CT molecular complexity index is 851. The van der Waals surface area contributed by atoms with E-state index in [2.05, 4.69) is 10.1 Å². The topological polar surface area (TPSA) is 70.4 Å². The molecule has 0 fully saturated rings. The summed E-state index contributed by atoms with van der Waals surface area (Å²) in [7, 11) is 0. The molecule has 0 bridgehead atoms. The van der Waals surface area contributed by atoms with E-state index < -0.39 is 5.82 Å². The lowest BCUT2D eigenvalue weighted by Gasteiger charge is -2.05. The second kappa shape index (κ2) is 4.72. The highest BCUT2D eigenvalue weighted by atomic mass is 19.1. The van der Waals surface area contributed by atoms with Crippen molar-refractivity contribution in [3.63, 3.8) is 0 Å². The van der Waals surface area contributed by atoms with Gasteiger partial charge in [0.25, 0.3) is 5.56 Å². The van der Waals surface area contributed by atoms with Gasteiger partial charge in [-0.15, -0.1) is 0 Å². The molecule has 2 heterocycles. The molecule has 0 spiro atoms. The molecule has 0 radical (unpaired) electrons. The summed E-state index contributed by atoms with van der Waals surface area (Å²) in [6.45, 7) is 1.73. The van der Waals surface area contributed by atoms with Gasteiger partial charge < -0.3 is 10.1 Å². The van der Waals surface area contributed by atoms with E-state index in [9.17, 15) is 9.18 Å². The molecule has 0 unspecified atom stereocenters. The van der Waals surface area contributed by atoms with Crippen LogP contribution in [0.3, 0.4) is 0 Å². The quantitative estimate of drug-likeness (QED) is 0.765. The van der Waals surface area contributed by atoms with E-state index in [1.165, 1.54) is 10.6 Å². The fourth-order valence-electron chi connectivity index (χ4n) is 2.38. The number of aliphatic hydroxyl groups excluding tert-OH is 1. The van der Waals surface area contributed by atoms with Crippen molar-refractivity contribution in [3.8, 4) is 0 Å². The van der Waals surface area contributed by atoms with E-state index in [4.69, 9.17) is 5.11 Å². The summed E-state index contributed by atoms with van der Waals surface area (Å²) in [5, 5.41) is 13.4. The predicted octanol–water partition coefficient (Wildman–Crippen LogP) is 1.76. The maximum atomic E-state index is 14.2. The fraction of sp³-hybridized carbons (Fsp3) is 0.286. The summed E-state index contributed by atoms with van der Waals surface area (Å²) in [6, 6.07) is 4.49. The summed E-state index contributed by atoms with van der Waals surface area (Å²) in [5.41, 5.74) is 1.73. The monoisotopic (exact) mass is 275 g/mol. The molecule has 0 saturated carbocycles. The van der Waals surface area contributed by atoms with Gasteiger partial charge in [-0.3, -0.25) is 4.79 Å². The van der Waals surface area contributed by atoms with Crippen molar-refractivity contribution in [2.75, 3.05) is 0 Å². The van der Waals surface area contributed by atoms with Crippen LogP contribution in [-0.2, 0) is 13.0 Å². The van der Waals surface area contributed by atoms with Gasteiger partial charge in [-0.2, -0.15) is 5.10 Å². The fourth-order valence-corrected chi connectivity index (χ4v) is 2.38. The third kappa shape index (κ3) is 1.89. The van der Waals surface area contributed by atoms with Crippen LogP contribution in [0.15, 0.2) is 23.0 Å². The molecule has 5 nitrogen and oxygen atoms in total. The number of aromatic amines is 1. The van der Waals surface area contributed by atoms with Crippen molar-refractivity contribution in [2.45, 2.75) is 26.4 Å². The first-order chi connectivity index (χ1) is 9.63. The van der Waals surface area contributed by atoms with E-state index in [1.54, 1.807) is 12.1 Å². The number of hydrogen-bond donors (Lipinski definition) is 2. The zero-order chi connectivity index (χ0) is 14.3. The molecule has 0 amide bonds. The van der Waals surface area contributed by atoms with Crippen LogP contribution in [0, 0.1) is 5.82 Å². The Hall–Kier alpha value is -2.21. The molecule has 0 atom stereocenters. The van der Waals surface area contributed by atoms with E-state index in [1.807, 2.05) is 6.92 Å². The molecule has 0 aliphatic carbocycles. The van der Waals surface area contributed by atoms with Gasteiger partial charge in [-0.25, -0.2) is 8.91 Å². The first kappa shape index (κ1) is 12.8. The second-order valence-electron chi connectivity index (χ2n) is 4.77. The van der Waals surface area contributed by atoms with Gasteiger partial charge >= 0.3 is 0 Å². The minimum atomic E-state index is -0.515.